The van der Waals surface area contributed by atoms with Crippen molar-refractivity contribution in [3.63, 3.8) is 0 Å². The van der Waals surface area contributed by atoms with Gasteiger partial charge in [0.15, 0.2) is 0 Å². The Balaban J connectivity index is 1.64. The molecule has 0 unspecified atom stereocenters. The van der Waals surface area contributed by atoms with E-state index in [-0.39, 0.29) is 5.75 Å². The molecule has 0 spiro atoms. The molecule has 2 aromatic carbocycles. The molecule has 27 heavy (non-hydrogen) atoms. The number of fused-ring (bicyclic) bond motifs is 2. The molecule has 4 aromatic rings. The molecule has 0 atom stereocenters. The summed E-state index contributed by atoms with van der Waals surface area (Å²) < 4.78 is 2.85. The number of nitrogens with zero attached hydrogens (tertiary/aromatic N) is 3. The van der Waals surface area contributed by atoms with Crippen LogP contribution in [0.4, 0.5) is 0 Å². The highest BCUT2D eigenvalue weighted by molar-refractivity contribution is 7.19. The Morgan fingerprint density at radius 1 is 1.15 bits per heavy atom. The van der Waals surface area contributed by atoms with E-state index in [1.807, 2.05) is 24.0 Å². The van der Waals surface area contributed by atoms with Gasteiger partial charge in [-0.3, -0.25) is 4.68 Å². The van der Waals surface area contributed by atoms with Crippen LogP contribution in [0.15, 0.2) is 36.5 Å². The lowest BCUT2D eigenvalue weighted by atomic mass is 10.0. The predicted octanol–water partition coefficient (Wildman–Crippen LogP) is 4.24. The van der Waals surface area contributed by atoms with Crippen LogP contribution in [0, 0.1) is 6.92 Å². The van der Waals surface area contributed by atoms with Gasteiger partial charge in [-0.2, -0.15) is 5.10 Å². The Bertz CT molecular complexity index is 1220. The normalized spacial score (nSPS) is 14.8. The number of benzene rings is 2. The Hall–Kier alpha value is -2.70. The zero-order valence-electron chi connectivity index (χ0n) is 15.3. The number of aryl methyl sites for hydroxylation is 2. The van der Waals surface area contributed by atoms with E-state index in [4.69, 9.17) is 4.98 Å². The topological polar surface area (TPSA) is 63.0 Å². The van der Waals surface area contributed by atoms with Crippen LogP contribution >= 0.6 is 11.3 Å². The predicted molar refractivity (Wildman–Crippen MR) is 111 cm³/mol. The minimum Gasteiger partial charge on any atom is -0.506 e. The van der Waals surface area contributed by atoms with Gasteiger partial charge in [-0.15, -0.1) is 11.3 Å². The van der Waals surface area contributed by atoms with Crippen molar-refractivity contribution >= 4 is 38.0 Å². The first-order valence-electron chi connectivity index (χ1n) is 9.06. The Kier molecular flexibility index (Phi) is 3.77. The molecular formula is C21H20N4OS. The molecule has 1 aliphatic heterocycles. The number of hydrogen-bond acceptors (Lipinski definition) is 5. The van der Waals surface area contributed by atoms with Gasteiger partial charge in [0.25, 0.3) is 0 Å². The van der Waals surface area contributed by atoms with Gasteiger partial charge in [-0.05, 0) is 66.4 Å². The second-order valence-corrected chi connectivity index (χ2v) is 8.11. The van der Waals surface area contributed by atoms with Crippen molar-refractivity contribution in [3.05, 3.63) is 47.1 Å². The van der Waals surface area contributed by atoms with Crippen LogP contribution in [-0.2, 0) is 7.05 Å². The summed E-state index contributed by atoms with van der Waals surface area (Å²) in [5, 5.41) is 20.6. The maximum atomic E-state index is 10.6. The van der Waals surface area contributed by atoms with Gasteiger partial charge >= 0.3 is 0 Å². The lowest BCUT2D eigenvalue weighted by molar-refractivity contribution is 0.481. The van der Waals surface area contributed by atoms with Crippen LogP contribution in [0.5, 0.6) is 5.75 Å². The molecule has 0 amide bonds. The monoisotopic (exact) mass is 376 g/mol. The molecule has 5 nitrogen and oxygen atoms in total. The number of thiazole rings is 1. The van der Waals surface area contributed by atoms with E-state index in [2.05, 4.69) is 41.6 Å². The second-order valence-electron chi connectivity index (χ2n) is 7.08. The van der Waals surface area contributed by atoms with Gasteiger partial charge in [0.1, 0.15) is 16.3 Å². The van der Waals surface area contributed by atoms with Gasteiger partial charge < -0.3 is 10.4 Å². The fraction of sp³-hybridized carbons (Fsp3) is 0.238. The molecule has 0 fully saturated rings. The number of phenols is 1. The average molecular weight is 376 g/mol. The summed E-state index contributed by atoms with van der Waals surface area (Å²) in [6.07, 6.45) is 5.20. The molecular weight excluding hydrogens is 356 g/mol. The SMILES string of the molecule is Cc1cc(-c2cc(O)c3nc(C4=CCNCC4)sc3c2)cc2cn(C)nc12. The molecule has 3 heterocycles. The van der Waals surface area contributed by atoms with E-state index < -0.39 is 0 Å². The average Bonchev–Trinajstić information content (AvgIpc) is 3.26. The first-order valence-corrected chi connectivity index (χ1v) is 9.88. The van der Waals surface area contributed by atoms with Gasteiger partial charge in [0.2, 0.25) is 0 Å². The third kappa shape index (κ3) is 2.81. The van der Waals surface area contributed by atoms with Crippen LogP contribution in [0.3, 0.4) is 0 Å². The largest absolute Gasteiger partial charge is 0.506 e. The van der Waals surface area contributed by atoms with Crippen molar-refractivity contribution in [3.8, 4) is 16.9 Å². The van der Waals surface area contributed by atoms with Gasteiger partial charge in [-0.25, -0.2) is 4.98 Å². The summed E-state index contributed by atoms with van der Waals surface area (Å²) in [5.74, 6) is 0.239. The summed E-state index contributed by atoms with van der Waals surface area (Å²) in [6, 6.07) is 8.22. The number of rotatable bonds is 2. The maximum Gasteiger partial charge on any atom is 0.143 e. The molecule has 2 aromatic heterocycles. The summed E-state index contributed by atoms with van der Waals surface area (Å²) in [6.45, 7) is 3.93. The zero-order valence-corrected chi connectivity index (χ0v) is 16.1. The summed E-state index contributed by atoms with van der Waals surface area (Å²) in [7, 11) is 1.94. The lowest BCUT2D eigenvalue weighted by Crippen LogP contribution is -2.19. The lowest BCUT2D eigenvalue weighted by Gasteiger charge is -2.10. The van der Waals surface area contributed by atoms with Crippen LogP contribution in [-0.4, -0.2) is 33.0 Å². The first kappa shape index (κ1) is 16.5. The van der Waals surface area contributed by atoms with Gasteiger partial charge in [0.05, 0.1) is 10.2 Å². The summed E-state index contributed by atoms with van der Waals surface area (Å²) >= 11 is 1.66. The third-order valence-electron chi connectivity index (χ3n) is 5.06. The highest BCUT2D eigenvalue weighted by atomic mass is 32.1. The fourth-order valence-corrected chi connectivity index (χ4v) is 4.82. The number of aromatic nitrogens is 3. The molecule has 2 N–H and O–H groups in total. The van der Waals surface area contributed by atoms with Gasteiger partial charge in [-0.1, -0.05) is 6.08 Å². The maximum absolute atomic E-state index is 10.6. The third-order valence-corrected chi connectivity index (χ3v) is 6.14. The second kappa shape index (κ2) is 6.18. The quantitative estimate of drug-likeness (QED) is 0.549. The highest BCUT2D eigenvalue weighted by Crippen LogP contribution is 2.38. The molecule has 0 saturated heterocycles. The molecule has 136 valence electrons. The van der Waals surface area contributed by atoms with Crippen LogP contribution in [0.1, 0.15) is 17.0 Å². The van der Waals surface area contributed by atoms with Crippen LogP contribution in [0.2, 0.25) is 0 Å². The Morgan fingerprint density at radius 3 is 2.81 bits per heavy atom. The van der Waals surface area contributed by atoms with Crippen molar-refractivity contribution in [1.82, 2.24) is 20.1 Å². The summed E-state index contributed by atoms with van der Waals surface area (Å²) in [5.41, 5.74) is 6.20. The molecule has 1 aliphatic rings. The molecule has 0 aliphatic carbocycles. The minimum absolute atomic E-state index is 0.239. The smallest absolute Gasteiger partial charge is 0.143 e. The number of nitrogens with one attached hydrogen (secondary N) is 1. The van der Waals surface area contributed by atoms with Crippen LogP contribution < -0.4 is 5.32 Å². The first-order chi connectivity index (χ1) is 13.1. The summed E-state index contributed by atoms with van der Waals surface area (Å²) in [4.78, 5) is 4.70. The van der Waals surface area contributed by atoms with E-state index in [9.17, 15) is 5.11 Å². The Labute approximate surface area is 161 Å². The minimum atomic E-state index is 0.239. The number of hydrogen-bond donors (Lipinski definition) is 2. The number of phenolic OH excluding ortho intramolecular Hbond substituents is 1. The van der Waals surface area contributed by atoms with Gasteiger partial charge in [0, 0.05) is 25.2 Å². The molecule has 6 heteroatoms. The molecule has 0 saturated carbocycles. The van der Waals surface area contributed by atoms with E-state index in [0.717, 1.165) is 56.8 Å². The molecule has 0 radical (unpaired) electrons. The van der Waals surface area contributed by atoms with E-state index in [1.165, 1.54) is 5.57 Å². The van der Waals surface area contributed by atoms with Crippen molar-refractivity contribution < 1.29 is 5.11 Å². The van der Waals surface area contributed by atoms with Crippen molar-refractivity contribution in [2.24, 2.45) is 7.05 Å². The standard InChI is InChI=1S/C21H20N4OS/c1-12-7-14(8-16-11-25(2)24-19(12)16)15-9-17(26)20-18(10-15)27-21(23-20)13-3-5-22-6-4-13/h3,7-11,22,26H,4-6H2,1-2H3. The number of aromatic hydroxyl groups is 1. The van der Waals surface area contributed by atoms with Crippen molar-refractivity contribution in [2.75, 3.05) is 13.1 Å². The molecule has 0 bridgehead atoms. The zero-order chi connectivity index (χ0) is 18.5. The fourth-order valence-electron chi connectivity index (χ4n) is 3.73. The van der Waals surface area contributed by atoms with E-state index >= 15 is 0 Å². The van der Waals surface area contributed by atoms with E-state index in [1.54, 1.807) is 11.3 Å². The van der Waals surface area contributed by atoms with Crippen molar-refractivity contribution in [2.45, 2.75) is 13.3 Å². The van der Waals surface area contributed by atoms with Crippen molar-refractivity contribution in [1.29, 1.82) is 0 Å². The van der Waals surface area contributed by atoms with Crippen LogP contribution in [0.25, 0.3) is 37.8 Å². The highest BCUT2D eigenvalue weighted by Gasteiger charge is 2.15. The molecule has 5 rings (SSSR count). The van der Waals surface area contributed by atoms with E-state index in [0.29, 0.717) is 5.52 Å². The Morgan fingerprint density at radius 2 is 2.00 bits per heavy atom.